The van der Waals surface area contributed by atoms with Crippen molar-refractivity contribution in [3.8, 4) is 5.69 Å². The fourth-order valence-corrected chi connectivity index (χ4v) is 4.16. The molecule has 1 aliphatic heterocycles. The highest BCUT2D eigenvalue weighted by atomic mass is 16.2. The highest BCUT2D eigenvalue weighted by Crippen LogP contribution is 2.23. The van der Waals surface area contributed by atoms with Crippen molar-refractivity contribution in [2.45, 2.75) is 33.6 Å². The summed E-state index contributed by atoms with van der Waals surface area (Å²) >= 11 is 0. The van der Waals surface area contributed by atoms with Crippen molar-refractivity contribution in [1.29, 1.82) is 0 Å². The fraction of sp³-hybridized carbons (Fsp3) is 0.320. The zero-order valence-electron chi connectivity index (χ0n) is 19.0. The van der Waals surface area contributed by atoms with Crippen LogP contribution in [0.2, 0.25) is 0 Å². The number of piperidine rings is 1. The number of carbonyl (C=O) groups excluding carboxylic acids is 3. The molecule has 1 saturated heterocycles. The monoisotopic (exact) mass is 445 g/mol. The number of hydrogen-bond acceptors (Lipinski definition) is 5. The SMILES string of the molecule is Cc1ccc(NC(=O)C2CCN(C(=O)C(=O)c3c(C)nn(-c4ccccc4)c3C)CC2)nc1. The molecule has 0 bridgehead atoms. The molecule has 3 heterocycles. The molecule has 8 heteroatoms. The fourth-order valence-electron chi connectivity index (χ4n) is 4.16. The van der Waals surface area contributed by atoms with E-state index in [2.05, 4.69) is 15.4 Å². The van der Waals surface area contributed by atoms with Gasteiger partial charge in [0.2, 0.25) is 5.91 Å². The van der Waals surface area contributed by atoms with Crippen LogP contribution in [0.3, 0.4) is 0 Å². The van der Waals surface area contributed by atoms with Gasteiger partial charge in [-0.1, -0.05) is 24.3 Å². The van der Waals surface area contributed by atoms with Crippen molar-refractivity contribution < 1.29 is 14.4 Å². The van der Waals surface area contributed by atoms with Crippen LogP contribution >= 0.6 is 0 Å². The summed E-state index contributed by atoms with van der Waals surface area (Å²) in [4.78, 5) is 44.4. The third kappa shape index (κ3) is 4.69. The van der Waals surface area contributed by atoms with Gasteiger partial charge in [0.25, 0.3) is 11.7 Å². The lowest BCUT2D eigenvalue weighted by Crippen LogP contribution is -2.44. The van der Waals surface area contributed by atoms with Crippen molar-refractivity contribution >= 4 is 23.4 Å². The number of aromatic nitrogens is 3. The number of anilines is 1. The number of carbonyl (C=O) groups is 3. The third-order valence-electron chi connectivity index (χ3n) is 6.03. The first kappa shape index (κ1) is 22.4. The number of hydrogen-bond donors (Lipinski definition) is 1. The van der Waals surface area contributed by atoms with Gasteiger partial charge in [0.05, 0.1) is 22.6 Å². The van der Waals surface area contributed by atoms with Crippen LogP contribution in [0, 0.1) is 26.7 Å². The molecule has 8 nitrogen and oxygen atoms in total. The van der Waals surface area contributed by atoms with E-state index in [0.29, 0.717) is 48.7 Å². The Labute approximate surface area is 192 Å². The quantitative estimate of drug-likeness (QED) is 0.480. The number of Topliss-reactive ketones (excluding diaryl/α,β-unsaturated/α-hetero) is 1. The molecule has 2 aromatic heterocycles. The van der Waals surface area contributed by atoms with Crippen molar-refractivity contribution in [3.63, 3.8) is 0 Å². The second-order valence-electron chi connectivity index (χ2n) is 8.40. The van der Waals surface area contributed by atoms with E-state index in [9.17, 15) is 14.4 Å². The van der Waals surface area contributed by atoms with Gasteiger partial charge in [-0.05, 0) is 57.4 Å². The predicted octanol–water partition coefficient (Wildman–Crippen LogP) is 3.25. The van der Waals surface area contributed by atoms with Gasteiger partial charge in [0.1, 0.15) is 5.82 Å². The topological polar surface area (TPSA) is 97.2 Å². The van der Waals surface area contributed by atoms with E-state index < -0.39 is 11.7 Å². The van der Waals surface area contributed by atoms with E-state index in [0.717, 1.165) is 11.3 Å². The van der Waals surface area contributed by atoms with Crippen LogP contribution in [0.4, 0.5) is 5.82 Å². The molecular weight excluding hydrogens is 418 g/mol. The predicted molar refractivity (Wildman–Crippen MR) is 124 cm³/mol. The van der Waals surface area contributed by atoms with Crippen LogP contribution in [0.25, 0.3) is 5.69 Å². The van der Waals surface area contributed by atoms with E-state index in [1.165, 1.54) is 4.90 Å². The molecule has 0 saturated carbocycles. The highest BCUT2D eigenvalue weighted by molar-refractivity contribution is 6.43. The average Bonchev–Trinajstić information content (AvgIpc) is 3.14. The molecule has 3 aromatic rings. The van der Waals surface area contributed by atoms with Crippen molar-refractivity contribution in [3.05, 3.63) is 71.2 Å². The number of rotatable bonds is 5. The summed E-state index contributed by atoms with van der Waals surface area (Å²) in [5.41, 5.74) is 3.35. The normalized spacial score (nSPS) is 14.2. The van der Waals surface area contributed by atoms with Gasteiger partial charge in [0.15, 0.2) is 0 Å². The zero-order valence-corrected chi connectivity index (χ0v) is 19.0. The van der Waals surface area contributed by atoms with Crippen molar-refractivity contribution in [1.82, 2.24) is 19.7 Å². The first-order valence-corrected chi connectivity index (χ1v) is 11.0. The summed E-state index contributed by atoms with van der Waals surface area (Å²) in [6.07, 6.45) is 2.70. The van der Waals surface area contributed by atoms with Gasteiger partial charge >= 0.3 is 0 Å². The molecule has 0 atom stereocenters. The standard InChI is InChI=1S/C25H27N5O3/c1-16-9-10-21(26-15-16)27-24(32)19-11-13-29(14-12-19)25(33)23(31)22-17(2)28-30(18(22)3)20-7-5-4-6-8-20/h4-10,15,19H,11-14H2,1-3H3,(H,26,27,32). The van der Waals surface area contributed by atoms with E-state index in [4.69, 9.17) is 0 Å². The van der Waals surface area contributed by atoms with E-state index in [1.807, 2.05) is 43.3 Å². The third-order valence-corrected chi connectivity index (χ3v) is 6.03. The van der Waals surface area contributed by atoms with E-state index in [-0.39, 0.29) is 11.8 Å². The van der Waals surface area contributed by atoms with Crippen molar-refractivity contribution in [2.75, 3.05) is 18.4 Å². The van der Waals surface area contributed by atoms with Crippen LogP contribution in [-0.2, 0) is 9.59 Å². The van der Waals surface area contributed by atoms with Crippen LogP contribution in [-0.4, -0.2) is 50.4 Å². The average molecular weight is 446 g/mol. The first-order chi connectivity index (χ1) is 15.8. The Morgan fingerprint density at radius 3 is 2.30 bits per heavy atom. The van der Waals surface area contributed by atoms with Gasteiger partial charge in [-0.15, -0.1) is 0 Å². The Morgan fingerprint density at radius 2 is 1.67 bits per heavy atom. The lowest BCUT2D eigenvalue weighted by molar-refractivity contribution is -0.130. The molecule has 1 aliphatic rings. The number of nitrogens with one attached hydrogen (secondary N) is 1. The molecular formula is C25H27N5O3. The number of aryl methyl sites for hydroxylation is 2. The van der Waals surface area contributed by atoms with Crippen LogP contribution < -0.4 is 5.32 Å². The van der Waals surface area contributed by atoms with Crippen LogP contribution in [0.15, 0.2) is 48.7 Å². The van der Waals surface area contributed by atoms with Crippen LogP contribution in [0.1, 0.15) is 40.2 Å². The van der Waals surface area contributed by atoms with Crippen molar-refractivity contribution in [2.24, 2.45) is 5.92 Å². The molecule has 1 N–H and O–H groups in total. The smallest absolute Gasteiger partial charge is 0.295 e. The van der Waals surface area contributed by atoms with Gasteiger partial charge < -0.3 is 10.2 Å². The minimum absolute atomic E-state index is 0.111. The maximum atomic E-state index is 13.1. The number of likely N-dealkylation sites (tertiary alicyclic amines) is 1. The second-order valence-corrected chi connectivity index (χ2v) is 8.40. The zero-order chi connectivity index (χ0) is 23.5. The molecule has 33 heavy (non-hydrogen) atoms. The second kappa shape index (κ2) is 9.36. The summed E-state index contributed by atoms with van der Waals surface area (Å²) in [5.74, 6) is -0.926. The lowest BCUT2D eigenvalue weighted by atomic mass is 9.95. The molecule has 0 spiro atoms. The summed E-state index contributed by atoms with van der Waals surface area (Å²) < 4.78 is 1.69. The Hall–Kier alpha value is -3.81. The van der Waals surface area contributed by atoms with Gasteiger partial charge in [-0.25, -0.2) is 9.67 Å². The minimum atomic E-state index is -0.557. The number of pyridine rings is 1. The lowest BCUT2D eigenvalue weighted by Gasteiger charge is -2.30. The van der Waals surface area contributed by atoms with E-state index >= 15 is 0 Å². The Balaban J connectivity index is 1.40. The summed E-state index contributed by atoms with van der Waals surface area (Å²) in [6, 6.07) is 13.2. The molecule has 0 aliphatic carbocycles. The van der Waals surface area contributed by atoms with Crippen LogP contribution in [0.5, 0.6) is 0 Å². The molecule has 0 unspecified atom stereocenters. The Kier molecular flexibility index (Phi) is 6.35. The highest BCUT2D eigenvalue weighted by Gasteiger charge is 2.33. The van der Waals surface area contributed by atoms with Gasteiger partial charge in [-0.3, -0.25) is 14.4 Å². The molecule has 4 rings (SSSR count). The maximum Gasteiger partial charge on any atom is 0.295 e. The summed E-state index contributed by atoms with van der Waals surface area (Å²) in [5, 5.41) is 7.31. The minimum Gasteiger partial charge on any atom is -0.336 e. The Morgan fingerprint density at radius 1 is 0.970 bits per heavy atom. The molecule has 1 aromatic carbocycles. The summed E-state index contributed by atoms with van der Waals surface area (Å²) in [7, 11) is 0. The first-order valence-electron chi connectivity index (χ1n) is 11.0. The number of para-hydroxylation sites is 1. The number of amides is 2. The van der Waals surface area contributed by atoms with Gasteiger partial charge in [-0.2, -0.15) is 5.10 Å². The number of nitrogens with zero attached hydrogens (tertiary/aromatic N) is 4. The van der Waals surface area contributed by atoms with E-state index in [1.54, 1.807) is 30.8 Å². The number of benzene rings is 1. The molecule has 2 amide bonds. The largest absolute Gasteiger partial charge is 0.336 e. The molecule has 0 radical (unpaired) electrons. The Bertz CT molecular complexity index is 1180. The molecule has 1 fully saturated rings. The molecule has 170 valence electrons. The maximum absolute atomic E-state index is 13.1. The number of ketones is 1. The summed E-state index contributed by atoms with van der Waals surface area (Å²) in [6.45, 7) is 6.18. The van der Waals surface area contributed by atoms with Gasteiger partial charge in [0, 0.05) is 25.2 Å².